The first-order chi connectivity index (χ1) is 7.39. The van der Waals surface area contributed by atoms with Crippen molar-refractivity contribution >= 4 is 10.1 Å². The second-order valence-corrected chi connectivity index (χ2v) is 5.30. The van der Waals surface area contributed by atoms with Gasteiger partial charge in [0.15, 0.2) is 0 Å². The summed E-state index contributed by atoms with van der Waals surface area (Å²) in [4.78, 5) is 1.78. The Morgan fingerprint density at radius 3 is 2.38 bits per heavy atom. The van der Waals surface area contributed by atoms with E-state index < -0.39 is 16.2 Å². The third-order valence-electron chi connectivity index (χ3n) is 2.23. The molecule has 0 aliphatic rings. The van der Waals surface area contributed by atoms with E-state index in [0.29, 0.717) is 26.1 Å². The Morgan fingerprint density at radius 1 is 1.31 bits per heavy atom. The molecule has 0 aliphatic heterocycles. The smallest absolute Gasteiger partial charge is 0.264 e. The summed E-state index contributed by atoms with van der Waals surface area (Å²) in [6, 6.07) is 0. The van der Waals surface area contributed by atoms with Gasteiger partial charge in [0, 0.05) is 13.1 Å². The number of aliphatic hydroxyl groups is 2. The highest BCUT2D eigenvalue weighted by Gasteiger charge is 2.11. The molecule has 0 aromatic rings. The largest absolute Gasteiger partial charge is 0.395 e. The zero-order valence-electron chi connectivity index (χ0n) is 9.54. The van der Waals surface area contributed by atoms with Gasteiger partial charge in [0.2, 0.25) is 0 Å². The third kappa shape index (κ3) is 9.05. The molecule has 0 saturated heterocycles. The van der Waals surface area contributed by atoms with E-state index in [1.165, 1.54) is 0 Å². The summed E-state index contributed by atoms with van der Waals surface area (Å²) in [6.07, 6.45) is 0.424. The Morgan fingerprint density at radius 2 is 1.94 bits per heavy atom. The van der Waals surface area contributed by atoms with Gasteiger partial charge >= 0.3 is 0 Å². The van der Waals surface area contributed by atoms with Crippen molar-refractivity contribution in [1.82, 2.24) is 4.90 Å². The van der Waals surface area contributed by atoms with Gasteiger partial charge in [-0.3, -0.25) is 9.45 Å². The van der Waals surface area contributed by atoms with Crippen molar-refractivity contribution in [2.45, 2.75) is 25.9 Å². The quantitative estimate of drug-likeness (QED) is 0.473. The van der Waals surface area contributed by atoms with E-state index in [2.05, 4.69) is 0 Å². The molecular weight excluding hydrogens is 234 g/mol. The van der Waals surface area contributed by atoms with Crippen molar-refractivity contribution in [3.63, 3.8) is 0 Å². The predicted octanol–water partition coefficient (Wildman–Crippen LogP) is -0.670. The second-order valence-electron chi connectivity index (χ2n) is 3.73. The lowest BCUT2D eigenvalue weighted by atomic mass is 10.2. The van der Waals surface area contributed by atoms with Crippen molar-refractivity contribution in [3.8, 4) is 0 Å². The SMILES string of the molecule is CCC(O)CN(CCO)CCCS(=O)(=O)O. The van der Waals surface area contributed by atoms with Crippen LogP contribution in [0, 0.1) is 0 Å². The zero-order valence-corrected chi connectivity index (χ0v) is 10.4. The van der Waals surface area contributed by atoms with Crippen LogP contribution in [0.25, 0.3) is 0 Å². The Kier molecular flexibility index (Phi) is 7.86. The van der Waals surface area contributed by atoms with Crippen LogP contribution in [-0.4, -0.2) is 66.2 Å². The summed E-state index contributed by atoms with van der Waals surface area (Å²) < 4.78 is 29.5. The molecule has 3 N–H and O–H groups in total. The molecule has 1 atom stereocenters. The lowest BCUT2D eigenvalue weighted by Gasteiger charge is -2.23. The molecular formula is C9H21NO5S. The van der Waals surface area contributed by atoms with Gasteiger partial charge < -0.3 is 10.2 Å². The fourth-order valence-electron chi connectivity index (χ4n) is 1.33. The monoisotopic (exact) mass is 255 g/mol. The maximum Gasteiger partial charge on any atom is 0.264 e. The molecule has 0 spiro atoms. The number of rotatable bonds is 9. The van der Waals surface area contributed by atoms with Crippen LogP contribution in [0.3, 0.4) is 0 Å². The maximum absolute atomic E-state index is 10.5. The summed E-state index contributed by atoms with van der Waals surface area (Å²) in [6.45, 7) is 3.03. The maximum atomic E-state index is 10.5. The van der Waals surface area contributed by atoms with Crippen LogP contribution in [0.5, 0.6) is 0 Å². The molecule has 0 aromatic heterocycles. The number of aliphatic hydroxyl groups excluding tert-OH is 2. The van der Waals surface area contributed by atoms with Crippen LogP contribution in [-0.2, 0) is 10.1 Å². The van der Waals surface area contributed by atoms with Crippen LogP contribution in [0.1, 0.15) is 19.8 Å². The van der Waals surface area contributed by atoms with Gasteiger partial charge in [-0.05, 0) is 19.4 Å². The fraction of sp³-hybridized carbons (Fsp3) is 1.00. The highest BCUT2D eigenvalue weighted by molar-refractivity contribution is 7.85. The number of hydrogen-bond acceptors (Lipinski definition) is 5. The van der Waals surface area contributed by atoms with Crippen molar-refractivity contribution in [1.29, 1.82) is 0 Å². The topological polar surface area (TPSA) is 98.1 Å². The molecule has 1 unspecified atom stereocenters. The molecule has 0 bridgehead atoms. The third-order valence-corrected chi connectivity index (χ3v) is 3.04. The molecule has 7 heteroatoms. The van der Waals surface area contributed by atoms with Crippen LogP contribution < -0.4 is 0 Å². The van der Waals surface area contributed by atoms with E-state index in [9.17, 15) is 13.5 Å². The summed E-state index contributed by atoms with van der Waals surface area (Å²) in [7, 11) is -3.92. The van der Waals surface area contributed by atoms with Crippen molar-refractivity contribution in [3.05, 3.63) is 0 Å². The summed E-state index contributed by atoms with van der Waals surface area (Å²) in [5.41, 5.74) is 0. The van der Waals surface area contributed by atoms with E-state index in [1.807, 2.05) is 6.92 Å². The van der Waals surface area contributed by atoms with E-state index >= 15 is 0 Å². The van der Waals surface area contributed by atoms with Crippen molar-refractivity contribution in [2.24, 2.45) is 0 Å². The Hall–Kier alpha value is -0.210. The first-order valence-electron chi connectivity index (χ1n) is 5.35. The minimum absolute atomic E-state index is 0.0394. The number of nitrogens with zero attached hydrogens (tertiary/aromatic N) is 1. The molecule has 0 heterocycles. The van der Waals surface area contributed by atoms with Crippen LogP contribution >= 0.6 is 0 Å². The van der Waals surface area contributed by atoms with Gasteiger partial charge in [0.05, 0.1) is 18.5 Å². The van der Waals surface area contributed by atoms with Crippen molar-refractivity contribution < 1.29 is 23.2 Å². The first kappa shape index (κ1) is 15.8. The molecule has 98 valence electrons. The minimum atomic E-state index is -3.92. The molecule has 0 radical (unpaired) electrons. The van der Waals surface area contributed by atoms with Gasteiger partial charge in [0.1, 0.15) is 0 Å². The molecule has 16 heavy (non-hydrogen) atoms. The summed E-state index contributed by atoms with van der Waals surface area (Å²) in [5.74, 6) is -0.294. The standard InChI is InChI=1S/C9H21NO5S/c1-2-9(12)8-10(5-6-11)4-3-7-16(13,14)15/h9,11-12H,2-8H2,1H3,(H,13,14,15). The predicted molar refractivity (Wildman–Crippen MR) is 60.9 cm³/mol. The average Bonchev–Trinajstić information content (AvgIpc) is 2.15. The fourth-order valence-corrected chi connectivity index (χ4v) is 1.83. The molecule has 0 amide bonds. The van der Waals surface area contributed by atoms with Crippen LogP contribution in [0.2, 0.25) is 0 Å². The lowest BCUT2D eigenvalue weighted by molar-refractivity contribution is 0.0971. The first-order valence-corrected chi connectivity index (χ1v) is 6.96. The van der Waals surface area contributed by atoms with Gasteiger partial charge in [-0.2, -0.15) is 8.42 Å². The average molecular weight is 255 g/mol. The van der Waals surface area contributed by atoms with Gasteiger partial charge in [-0.1, -0.05) is 6.92 Å². The van der Waals surface area contributed by atoms with Crippen molar-refractivity contribution in [2.75, 3.05) is 32.0 Å². The van der Waals surface area contributed by atoms with E-state index in [4.69, 9.17) is 9.66 Å². The molecule has 6 nitrogen and oxygen atoms in total. The summed E-state index contributed by atoms with van der Waals surface area (Å²) >= 11 is 0. The van der Waals surface area contributed by atoms with Gasteiger partial charge in [-0.25, -0.2) is 0 Å². The molecule has 0 saturated carbocycles. The van der Waals surface area contributed by atoms with Gasteiger partial charge in [-0.15, -0.1) is 0 Å². The van der Waals surface area contributed by atoms with Crippen LogP contribution in [0.4, 0.5) is 0 Å². The van der Waals surface area contributed by atoms with E-state index in [1.54, 1.807) is 4.90 Å². The lowest BCUT2D eigenvalue weighted by Crippen LogP contribution is -2.35. The zero-order chi connectivity index (χ0) is 12.6. The minimum Gasteiger partial charge on any atom is -0.395 e. The van der Waals surface area contributed by atoms with Crippen LogP contribution in [0.15, 0.2) is 0 Å². The van der Waals surface area contributed by atoms with E-state index in [0.717, 1.165) is 0 Å². The molecule has 0 rings (SSSR count). The van der Waals surface area contributed by atoms with Gasteiger partial charge in [0.25, 0.3) is 10.1 Å². The Bertz CT molecular complexity index is 267. The highest BCUT2D eigenvalue weighted by Crippen LogP contribution is 1.99. The van der Waals surface area contributed by atoms with E-state index in [-0.39, 0.29) is 18.8 Å². The highest BCUT2D eigenvalue weighted by atomic mass is 32.2. The Balaban J connectivity index is 3.93. The Labute approximate surface area is 96.6 Å². The second kappa shape index (κ2) is 7.97. The molecule has 0 fully saturated rings. The molecule has 0 aliphatic carbocycles. The number of hydrogen-bond donors (Lipinski definition) is 3. The normalized spacial score (nSPS) is 14.3. The summed E-state index contributed by atoms with van der Waals surface area (Å²) in [5, 5.41) is 18.2. The molecule has 0 aromatic carbocycles.